The normalized spacial score (nSPS) is 10.9. The van der Waals surface area contributed by atoms with Crippen LogP contribution in [0.15, 0.2) is 46.9 Å². The summed E-state index contributed by atoms with van der Waals surface area (Å²) < 4.78 is 1.15. The first kappa shape index (κ1) is 12.4. The van der Waals surface area contributed by atoms with E-state index in [0.717, 1.165) is 4.47 Å². The fourth-order valence-corrected chi connectivity index (χ4v) is 2.38. The molecule has 0 atom stereocenters. The van der Waals surface area contributed by atoms with Crippen molar-refractivity contribution < 1.29 is 0 Å². The summed E-state index contributed by atoms with van der Waals surface area (Å²) in [4.78, 5) is 0. The van der Waals surface area contributed by atoms with E-state index < -0.39 is 0 Å². The highest BCUT2D eigenvalue weighted by molar-refractivity contribution is 9.10. The minimum absolute atomic E-state index is 0.588. The summed E-state index contributed by atoms with van der Waals surface area (Å²) >= 11 is 3.61. The Labute approximate surface area is 112 Å². The summed E-state index contributed by atoms with van der Waals surface area (Å²) in [6.07, 6.45) is 0. The Bertz CT molecular complexity index is 510. The van der Waals surface area contributed by atoms with Crippen LogP contribution >= 0.6 is 15.9 Å². The molecule has 2 aromatic carbocycles. The predicted molar refractivity (Wildman–Crippen MR) is 78.4 cm³/mol. The number of hydrogen-bond donors (Lipinski definition) is 0. The number of hydrogen-bond acceptors (Lipinski definition) is 0. The number of halogens is 1. The third-order valence-electron chi connectivity index (χ3n) is 3.01. The molecule has 0 bridgehead atoms. The van der Waals surface area contributed by atoms with E-state index in [1.807, 2.05) is 0 Å². The molecule has 0 saturated carbocycles. The quantitative estimate of drug-likeness (QED) is 0.680. The standard InChI is InChI=1S/C16H17Br/c1-11(2)13-5-7-14(8-6-13)15-10-12(3)4-9-16(15)17/h4-11H,1-3H3. The first-order valence-corrected chi connectivity index (χ1v) is 6.73. The molecule has 88 valence electrons. The molecule has 0 saturated heterocycles. The van der Waals surface area contributed by atoms with Crippen LogP contribution in [-0.2, 0) is 0 Å². The van der Waals surface area contributed by atoms with Gasteiger partial charge in [-0.3, -0.25) is 0 Å². The molecule has 2 rings (SSSR count). The van der Waals surface area contributed by atoms with Gasteiger partial charge in [-0.2, -0.15) is 0 Å². The van der Waals surface area contributed by atoms with Crippen molar-refractivity contribution >= 4 is 15.9 Å². The lowest BCUT2D eigenvalue weighted by atomic mass is 9.98. The predicted octanol–water partition coefficient (Wildman–Crippen LogP) is 5.55. The van der Waals surface area contributed by atoms with Crippen LogP contribution in [0.4, 0.5) is 0 Å². The van der Waals surface area contributed by atoms with Crippen LogP contribution in [0.5, 0.6) is 0 Å². The summed E-state index contributed by atoms with van der Waals surface area (Å²) in [5.41, 5.74) is 5.21. The maximum Gasteiger partial charge on any atom is 0.0253 e. The zero-order valence-electron chi connectivity index (χ0n) is 10.5. The van der Waals surface area contributed by atoms with E-state index in [0.29, 0.717) is 5.92 Å². The van der Waals surface area contributed by atoms with Gasteiger partial charge in [-0.25, -0.2) is 0 Å². The van der Waals surface area contributed by atoms with Crippen LogP contribution in [0, 0.1) is 6.92 Å². The fourth-order valence-electron chi connectivity index (χ4n) is 1.91. The number of benzene rings is 2. The van der Waals surface area contributed by atoms with Crippen molar-refractivity contribution in [3.05, 3.63) is 58.1 Å². The van der Waals surface area contributed by atoms with Gasteiger partial charge in [0.1, 0.15) is 0 Å². The molecule has 1 heteroatoms. The molecule has 0 aliphatic rings. The van der Waals surface area contributed by atoms with E-state index in [9.17, 15) is 0 Å². The minimum atomic E-state index is 0.588. The maximum absolute atomic E-state index is 3.61. The molecule has 17 heavy (non-hydrogen) atoms. The summed E-state index contributed by atoms with van der Waals surface area (Å²) in [6.45, 7) is 6.56. The molecule has 0 spiro atoms. The topological polar surface area (TPSA) is 0 Å². The molecular formula is C16H17Br. The second-order valence-electron chi connectivity index (χ2n) is 4.76. The molecule has 0 radical (unpaired) electrons. The highest BCUT2D eigenvalue weighted by Crippen LogP contribution is 2.30. The van der Waals surface area contributed by atoms with Gasteiger partial charge in [-0.1, -0.05) is 71.7 Å². The van der Waals surface area contributed by atoms with E-state index in [-0.39, 0.29) is 0 Å². The molecular weight excluding hydrogens is 272 g/mol. The Morgan fingerprint density at radius 1 is 0.941 bits per heavy atom. The summed E-state index contributed by atoms with van der Waals surface area (Å²) in [5, 5.41) is 0. The SMILES string of the molecule is Cc1ccc(Br)c(-c2ccc(C(C)C)cc2)c1. The first-order chi connectivity index (χ1) is 8.08. The number of rotatable bonds is 2. The van der Waals surface area contributed by atoms with Crippen LogP contribution in [-0.4, -0.2) is 0 Å². The van der Waals surface area contributed by atoms with Gasteiger partial charge >= 0.3 is 0 Å². The monoisotopic (exact) mass is 288 g/mol. The van der Waals surface area contributed by atoms with E-state index >= 15 is 0 Å². The largest absolute Gasteiger partial charge is 0.0587 e. The maximum atomic E-state index is 3.61. The zero-order chi connectivity index (χ0) is 12.4. The highest BCUT2D eigenvalue weighted by Gasteiger charge is 2.04. The lowest BCUT2D eigenvalue weighted by molar-refractivity contribution is 0.867. The van der Waals surface area contributed by atoms with Crippen LogP contribution < -0.4 is 0 Å². The minimum Gasteiger partial charge on any atom is -0.0587 e. The van der Waals surface area contributed by atoms with E-state index in [1.165, 1.54) is 22.3 Å². The van der Waals surface area contributed by atoms with Gasteiger partial charge in [0, 0.05) is 4.47 Å². The van der Waals surface area contributed by atoms with E-state index in [4.69, 9.17) is 0 Å². The van der Waals surface area contributed by atoms with Crippen molar-refractivity contribution in [1.29, 1.82) is 0 Å². The Morgan fingerprint density at radius 2 is 1.59 bits per heavy atom. The van der Waals surface area contributed by atoms with Crippen LogP contribution in [0.2, 0.25) is 0 Å². The molecule has 0 nitrogen and oxygen atoms in total. The van der Waals surface area contributed by atoms with Crippen LogP contribution in [0.3, 0.4) is 0 Å². The Morgan fingerprint density at radius 3 is 2.18 bits per heavy atom. The summed E-state index contributed by atoms with van der Waals surface area (Å²) in [6, 6.07) is 15.3. The molecule has 0 aromatic heterocycles. The Hall–Kier alpha value is -1.08. The second-order valence-corrected chi connectivity index (χ2v) is 5.61. The van der Waals surface area contributed by atoms with Gasteiger partial charge in [0.2, 0.25) is 0 Å². The summed E-state index contributed by atoms with van der Waals surface area (Å²) in [5.74, 6) is 0.588. The van der Waals surface area contributed by atoms with E-state index in [1.54, 1.807) is 0 Å². The fraction of sp³-hybridized carbons (Fsp3) is 0.250. The first-order valence-electron chi connectivity index (χ1n) is 5.94. The van der Waals surface area contributed by atoms with Gasteiger partial charge in [0.15, 0.2) is 0 Å². The molecule has 0 heterocycles. The molecule has 0 aliphatic carbocycles. The molecule has 2 aromatic rings. The summed E-state index contributed by atoms with van der Waals surface area (Å²) in [7, 11) is 0. The van der Waals surface area contributed by atoms with Crippen molar-refractivity contribution in [2.45, 2.75) is 26.7 Å². The lowest BCUT2D eigenvalue weighted by Gasteiger charge is -2.09. The second kappa shape index (κ2) is 5.05. The van der Waals surface area contributed by atoms with Gasteiger partial charge < -0.3 is 0 Å². The average Bonchev–Trinajstić information content (AvgIpc) is 2.32. The molecule has 0 amide bonds. The van der Waals surface area contributed by atoms with Crippen molar-refractivity contribution in [3.63, 3.8) is 0 Å². The van der Waals surface area contributed by atoms with Gasteiger partial charge in [0.05, 0.1) is 0 Å². The lowest BCUT2D eigenvalue weighted by Crippen LogP contribution is -1.87. The van der Waals surface area contributed by atoms with Crippen molar-refractivity contribution in [2.24, 2.45) is 0 Å². The smallest absolute Gasteiger partial charge is 0.0253 e. The van der Waals surface area contributed by atoms with E-state index in [2.05, 4.69) is 79.2 Å². The Kier molecular flexibility index (Phi) is 3.68. The molecule has 0 aliphatic heterocycles. The van der Waals surface area contributed by atoms with Gasteiger partial charge in [0.25, 0.3) is 0 Å². The zero-order valence-corrected chi connectivity index (χ0v) is 12.1. The third kappa shape index (κ3) is 2.78. The van der Waals surface area contributed by atoms with Crippen LogP contribution in [0.25, 0.3) is 11.1 Å². The Balaban J connectivity index is 2.43. The average molecular weight is 289 g/mol. The molecule has 0 unspecified atom stereocenters. The van der Waals surface area contributed by atoms with Gasteiger partial charge in [-0.15, -0.1) is 0 Å². The number of aryl methyl sites for hydroxylation is 1. The highest BCUT2D eigenvalue weighted by atomic mass is 79.9. The van der Waals surface area contributed by atoms with Crippen molar-refractivity contribution in [2.75, 3.05) is 0 Å². The van der Waals surface area contributed by atoms with Crippen molar-refractivity contribution in [1.82, 2.24) is 0 Å². The third-order valence-corrected chi connectivity index (χ3v) is 3.70. The van der Waals surface area contributed by atoms with Crippen molar-refractivity contribution in [3.8, 4) is 11.1 Å². The molecule has 0 N–H and O–H groups in total. The van der Waals surface area contributed by atoms with Crippen LogP contribution in [0.1, 0.15) is 30.9 Å². The van der Waals surface area contributed by atoms with Gasteiger partial charge in [-0.05, 0) is 35.6 Å². The molecule has 0 fully saturated rings.